The van der Waals surface area contributed by atoms with Gasteiger partial charge in [0.25, 0.3) is 0 Å². The average Bonchev–Trinajstić information content (AvgIpc) is 2.43. The molecule has 2 amide bonds. The highest BCUT2D eigenvalue weighted by atomic mass is 16.5. The van der Waals surface area contributed by atoms with Crippen LogP contribution in [0.15, 0.2) is 0 Å². The van der Waals surface area contributed by atoms with Crippen molar-refractivity contribution in [3.05, 3.63) is 0 Å². The third kappa shape index (κ3) is 6.75. The van der Waals surface area contributed by atoms with E-state index >= 15 is 0 Å². The molecule has 1 fully saturated rings. The molecule has 1 aliphatic rings. The summed E-state index contributed by atoms with van der Waals surface area (Å²) >= 11 is 0. The molecule has 0 spiro atoms. The number of amides is 2. The van der Waals surface area contributed by atoms with Crippen LogP contribution in [0.2, 0.25) is 0 Å². The molecule has 1 aliphatic carbocycles. The van der Waals surface area contributed by atoms with Gasteiger partial charge in [0.15, 0.2) is 0 Å². The first-order valence-electron chi connectivity index (χ1n) is 7.48. The molecule has 3 N–H and O–H groups in total. The van der Waals surface area contributed by atoms with E-state index in [-0.39, 0.29) is 18.0 Å². The fourth-order valence-electron chi connectivity index (χ4n) is 2.34. The quantitative estimate of drug-likeness (QED) is 0.593. The summed E-state index contributed by atoms with van der Waals surface area (Å²) in [6.07, 6.45) is 4.58. The maximum Gasteiger partial charge on any atom is 0.315 e. The predicted molar refractivity (Wildman–Crippen MR) is 75.6 cm³/mol. The van der Waals surface area contributed by atoms with E-state index in [0.29, 0.717) is 26.0 Å². The molecule has 0 aromatic heterocycles. The summed E-state index contributed by atoms with van der Waals surface area (Å²) in [4.78, 5) is 22.5. The lowest BCUT2D eigenvalue weighted by Crippen LogP contribution is -2.44. The molecule has 1 rings (SSSR count). The molecule has 0 bridgehead atoms. The van der Waals surface area contributed by atoms with Crippen molar-refractivity contribution in [1.29, 1.82) is 0 Å². The number of urea groups is 1. The molecule has 0 heterocycles. The highest BCUT2D eigenvalue weighted by molar-refractivity contribution is 5.74. The van der Waals surface area contributed by atoms with Crippen LogP contribution < -0.4 is 10.6 Å². The topological polar surface area (TPSA) is 87.7 Å². The van der Waals surface area contributed by atoms with Gasteiger partial charge in [0.2, 0.25) is 0 Å². The van der Waals surface area contributed by atoms with Gasteiger partial charge in [-0.3, -0.25) is 4.79 Å². The highest BCUT2D eigenvalue weighted by Gasteiger charge is 2.26. The first kappa shape index (κ1) is 16.8. The fraction of sp³-hybridized carbons (Fsp3) is 0.857. The standard InChI is InChI=1S/C14H26N2O4/c1-2-9-20-10-3-8-15-14(19)16-12-6-4-11(5-7-12)13(17)18/h11-12H,2-10H2,1H3,(H,17,18)(H2,15,16,19). The summed E-state index contributed by atoms with van der Waals surface area (Å²) in [6, 6.07) is -0.0683. The van der Waals surface area contributed by atoms with E-state index in [0.717, 1.165) is 32.3 Å². The van der Waals surface area contributed by atoms with E-state index < -0.39 is 5.97 Å². The van der Waals surface area contributed by atoms with Crippen LogP contribution in [-0.4, -0.2) is 42.9 Å². The fourth-order valence-corrected chi connectivity index (χ4v) is 2.34. The SMILES string of the molecule is CCCOCCCNC(=O)NC1CCC(C(=O)O)CC1. The Kier molecular flexibility index (Phi) is 8.02. The van der Waals surface area contributed by atoms with Gasteiger partial charge in [-0.15, -0.1) is 0 Å². The number of carbonyl (C=O) groups is 2. The number of carbonyl (C=O) groups excluding carboxylic acids is 1. The number of hydrogen-bond acceptors (Lipinski definition) is 3. The lowest BCUT2D eigenvalue weighted by molar-refractivity contribution is -0.142. The van der Waals surface area contributed by atoms with Crippen molar-refractivity contribution >= 4 is 12.0 Å². The second-order valence-electron chi connectivity index (χ2n) is 5.25. The number of carboxylic acids is 1. The number of nitrogens with one attached hydrogen (secondary N) is 2. The number of aliphatic carboxylic acids is 1. The molecule has 116 valence electrons. The molecule has 6 nitrogen and oxygen atoms in total. The van der Waals surface area contributed by atoms with Crippen LogP contribution in [0.5, 0.6) is 0 Å². The Morgan fingerprint density at radius 3 is 2.50 bits per heavy atom. The van der Waals surface area contributed by atoms with Gasteiger partial charge in [0.1, 0.15) is 0 Å². The predicted octanol–water partition coefficient (Wildman–Crippen LogP) is 1.75. The normalized spacial score (nSPS) is 22.2. The summed E-state index contributed by atoms with van der Waals surface area (Å²) in [5, 5.41) is 14.6. The summed E-state index contributed by atoms with van der Waals surface area (Å²) in [7, 11) is 0. The first-order chi connectivity index (χ1) is 9.63. The van der Waals surface area contributed by atoms with Gasteiger partial charge in [-0.1, -0.05) is 6.92 Å². The maximum absolute atomic E-state index is 11.6. The van der Waals surface area contributed by atoms with Crippen LogP contribution in [0.1, 0.15) is 45.4 Å². The van der Waals surface area contributed by atoms with Crippen molar-refractivity contribution in [3.63, 3.8) is 0 Å². The summed E-state index contributed by atoms with van der Waals surface area (Å²) < 4.78 is 5.32. The Labute approximate surface area is 120 Å². The first-order valence-corrected chi connectivity index (χ1v) is 7.48. The van der Waals surface area contributed by atoms with E-state index in [2.05, 4.69) is 17.6 Å². The molecule has 0 aromatic carbocycles. The van der Waals surface area contributed by atoms with Gasteiger partial charge in [-0.25, -0.2) is 4.79 Å². The average molecular weight is 286 g/mol. The smallest absolute Gasteiger partial charge is 0.315 e. The number of hydrogen-bond donors (Lipinski definition) is 3. The molecule has 0 radical (unpaired) electrons. The minimum atomic E-state index is -0.722. The van der Waals surface area contributed by atoms with Gasteiger partial charge in [0, 0.05) is 25.8 Å². The van der Waals surface area contributed by atoms with E-state index in [1.807, 2.05) is 0 Å². The van der Waals surface area contributed by atoms with Crippen LogP contribution >= 0.6 is 0 Å². The summed E-state index contributed by atoms with van der Waals surface area (Å²) in [5.74, 6) is -0.966. The molecule has 0 saturated heterocycles. The largest absolute Gasteiger partial charge is 0.481 e. The van der Waals surface area contributed by atoms with E-state index in [9.17, 15) is 9.59 Å². The molecule has 0 aromatic rings. The second kappa shape index (κ2) is 9.58. The Morgan fingerprint density at radius 1 is 1.20 bits per heavy atom. The highest BCUT2D eigenvalue weighted by Crippen LogP contribution is 2.24. The summed E-state index contributed by atoms with van der Waals surface area (Å²) in [6.45, 7) is 4.08. The molecule has 0 unspecified atom stereocenters. The molecular weight excluding hydrogens is 260 g/mol. The van der Waals surface area contributed by atoms with Gasteiger partial charge < -0.3 is 20.5 Å². The molecule has 20 heavy (non-hydrogen) atoms. The molecule has 0 aliphatic heterocycles. The van der Waals surface area contributed by atoms with Crippen molar-refractivity contribution in [2.24, 2.45) is 5.92 Å². The van der Waals surface area contributed by atoms with Crippen LogP contribution in [0, 0.1) is 5.92 Å². The van der Waals surface area contributed by atoms with E-state index in [4.69, 9.17) is 9.84 Å². The zero-order chi connectivity index (χ0) is 14.8. The van der Waals surface area contributed by atoms with Gasteiger partial charge in [-0.2, -0.15) is 0 Å². The van der Waals surface area contributed by atoms with Crippen LogP contribution in [0.3, 0.4) is 0 Å². The molecular formula is C14H26N2O4. The Morgan fingerprint density at radius 2 is 1.90 bits per heavy atom. The van der Waals surface area contributed by atoms with Crippen molar-refractivity contribution in [2.75, 3.05) is 19.8 Å². The van der Waals surface area contributed by atoms with Crippen molar-refractivity contribution in [3.8, 4) is 0 Å². The zero-order valence-electron chi connectivity index (χ0n) is 12.2. The van der Waals surface area contributed by atoms with E-state index in [1.165, 1.54) is 0 Å². The molecule has 0 atom stereocenters. The number of ether oxygens (including phenoxy) is 1. The minimum Gasteiger partial charge on any atom is -0.481 e. The lowest BCUT2D eigenvalue weighted by Gasteiger charge is -2.26. The Balaban J connectivity index is 2.04. The van der Waals surface area contributed by atoms with Crippen LogP contribution in [-0.2, 0) is 9.53 Å². The lowest BCUT2D eigenvalue weighted by atomic mass is 9.86. The third-order valence-corrected chi connectivity index (χ3v) is 3.51. The van der Waals surface area contributed by atoms with E-state index in [1.54, 1.807) is 0 Å². The van der Waals surface area contributed by atoms with Crippen molar-refractivity contribution in [1.82, 2.24) is 10.6 Å². The molecule has 1 saturated carbocycles. The van der Waals surface area contributed by atoms with Crippen LogP contribution in [0.25, 0.3) is 0 Å². The number of carboxylic acid groups (broad SMARTS) is 1. The second-order valence-corrected chi connectivity index (χ2v) is 5.25. The Hall–Kier alpha value is -1.30. The van der Waals surface area contributed by atoms with Gasteiger partial charge in [-0.05, 0) is 38.5 Å². The number of rotatable bonds is 8. The maximum atomic E-state index is 11.6. The zero-order valence-corrected chi connectivity index (χ0v) is 12.2. The molecule has 6 heteroatoms. The van der Waals surface area contributed by atoms with Crippen molar-refractivity contribution < 1.29 is 19.4 Å². The van der Waals surface area contributed by atoms with Crippen LogP contribution in [0.4, 0.5) is 4.79 Å². The van der Waals surface area contributed by atoms with Crippen molar-refractivity contribution in [2.45, 2.75) is 51.5 Å². The van der Waals surface area contributed by atoms with Gasteiger partial charge in [0.05, 0.1) is 5.92 Å². The Bertz CT molecular complexity index is 302. The minimum absolute atomic E-state index is 0.0990. The summed E-state index contributed by atoms with van der Waals surface area (Å²) in [5.41, 5.74) is 0. The third-order valence-electron chi connectivity index (χ3n) is 3.51. The van der Waals surface area contributed by atoms with Gasteiger partial charge >= 0.3 is 12.0 Å². The monoisotopic (exact) mass is 286 g/mol.